The molecule has 0 unspecified atom stereocenters. The topological polar surface area (TPSA) is 54.4 Å². The van der Waals surface area contributed by atoms with Crippen LogP contribution in [0.5, 0.6) is 0 Å². The highest BCUT2D eigenvalue weighted by Gasteiger charge is 2.00. The van der Waals surface area contributed by atoms with Crippen LogP contribution in [0.1, 0.15) is 25.7 Å². The van der Waals surface area contributed by atoms with Crippen molar-refractivity contribution < 1.29 is 14.7 Å². The molecule has 0 radical (unpaired) electrons. The number of carbonyl (C=O) groups excluding carboxylic acids is 1. The van der Waals surface area contributed by atoms with Crippen molar-refractivity contribution in [1.29, 1.82) is 0 Å². The average Bonchev–Trinajstić information content (AvgIpc) is 1.97. The Hall–Kier alpha value is -0.160. The number of thiol groups is 1. The number of hydrogen-bond acceptors (Lipinski definition) is 4. The third-order valence-corrected chi connectivity index (χ3v) is 2.14. The Morgan fingerprint density at radius 2 is 1.82 bits per heavy atom. The maximum absolute atomic E-state index is 10.6. The first-order valence-corrected chi connectivity index (χ1v) is 5.09. The Morgan fingerprint density at radius 3 is 2.27 bits per heavy atom. The fourth-order valence-corrected chi connectivity index (χ4v) is 1.10. The van der Waals surface area contributed by atoms with E-state index in [-0.39, 0.29) is 11.5 Å². The van der Waals surface area contributed by atoms with Gasteiger partial charge >= 0.3 is 5.97 Å². The van der Waals surface area contributed by atoms with Crippen molar-refractivity contribution >= 4 is 33.5 Å². The van der Waals surface area contributed by atoms with Gasteiger partial charge in [-0.2, -0.15) is 0 Å². The lowest BCUT2D eigenvalue weighted by Gasteiger charge is -1.94. The van der Waals surface area contributed by atoms with Gasteiger partial charge in [0.05, 0.1) is 0 Å². The zero-order chi connectivity index (χ0) is 8.69. The lowest BCUT2D eigenvalue weighted by Crippen LogP contribution is -1.95. The van der Waals surface area contributed by atoms with Crippen LogP contribution in [0.25, 0.3) is 0 Å². The molecule has 0 aliphatic carbocycles. The molecule has 3 nitrogen and oxygen atoms in total. The second-order valence-corrected chi connectivity index (χ2v) is 3.25. The van der Waals surface area contributed by atoms with E-state index in [4.69, 9.17) is 5.11 Å². The van der Waals surface area contributed by atoms with Gasteiger partial charge < -0.3 is 5.11 Å². The summed E-state index contributed by atoms with van der Waals surface area (Å²) in [5, 5.41) is 8.23. The largest absolute Gasteiger partial charge is 0.481 e. The molecule has 0 spiro atoms. The summed E-state index contributed by atoms with van der Waals surface area (Å²) < 4.78 is 0. The standard InChI is InChI=1S/C6H10O3S2/c7-5(8)3-1-2-4-6(9)11-10/h10H,1-4H2,(H,7,8). The molecule has 0 fully saturated rings. The van der Waals surface area contributed by atoms with Gasteiger partial charge in [-0.3, -0.25) is 9.59 Å². The number of aliphatic carboxylic acids is 1. The molecule has 0 saturated heterocycles. The Kier molecular flexibility index (Phi) is 6.45. The normalized spacial score (nSPS) is 9.55. The van der Waals surface area contributed by atoms with Gasteiger partial charge in [0, 0.05) is 12.8 Å². The summed E-state index contributed by atoms with van der Waals surface area (Å²) in [6.07, 6.45) is 1.76. The minimum atomic E-state index is -0.809. The molecule has 0 aromatic rings. The first-order chi connectivity index (χ1) is 5.16. The third kappa shape index (κ3) is 7.74. The van der Waals surface area contributed by atoms with Crippen LogP contribution in [0, 0.1) is 0 Å². The van der Waals surface area contributed by atoms with Crippen molar-refractivity contribution in [1.82, 2.24) is 0 Å². The molecule has 0 aromatic carbocycles. The summed E-state index contributed by atoms with van der Waals surface area (Å²) in [7, 11) is 0.892. The van der Waals surface area contributed by atoms with Crippen LogP contribution < -0.4 is 0 Å². The van der Waals surface area contributed by atoms with Gasteiger partial charge in [0.15, 0.2) is 5.12 Å². The van der Waals surface area contributed by atoms with Crippen LogP contribution in [0.2, 0.25) is 0 Å². The maximum Gasteiger partial charge on any atom is 0.303 e. The summed E-state index contributed by atoms with van der Waals surface area (Å²) in [4.78, 5) is 20.6. The zero-order valence-electron chi connectivity index (χ0n) is 5.95. The summed E-state index contributed by atoms with van der Waals surface area (Å²) >= 11 is 3.71. The van der Waals surface area contributed by atoms with Gasteiger partial charge in [0.25, 0.3) is 0 Å². The molecular weight excluding hydrogens is 184 g/mol. The Bertz CT molecular complexity index is 147. The molecule has 64 valence electrons. The van der Waals surface area contributed by atoms with Gasteiger partial charge in [-0.1, -0.05) is 0 Å². The van der Waals surface area contributed by atoms with E-state index in [0.717, 1.165) is 10.8 Å². The predicted molar refractivity (Wildman–Crippen MR) is 47.7 cm³/mol. The van der Waals surface area contributed by atoms with E-state index < -0.39 is 5.97 Å². The average molecular weight is 194 g/mol. The van der Waals surface area contributed by atoms with E-state index in [9.17, 15) is 9.59 Å². The van der Waals surface area contributed by atoms with E-state index in [2.05, 4.69) is 11.7 Å². The highest BCUT2D eigenvalue weighted by molar-refractivity contribution is 8.74. The number of hydrogen-bond donors (Lipinski definition) is 2. The number of rotatable bonds is 5. The second kappa shape index (κ2) is 6.54. The molecule has 0 aliphatic rings. The van der Waals surface area contributed by atoms with Gasteiger partial charge in [0.2, 0.25) is 0 Å². The second-order valence-electron chi connectivity index (χ2n) is 2.06. The molecule has 5 heteroatoms. The van der Waals surface area contributed by atoms with Gasteiger partial charge in [-0.25, -0.2) is 0 Å². The van der Waals surface area contributed by atoms with Crippen molar-refractivity contribution in [2.75, 3.05) is 0 Å². The van der Waals surface area contributed by atoms with Crippen LogP contribution in [-0.2, 0) is 9.59 Å². The molecule has 0 heterocycles. The number of carboxylic acid groups (broad SMARTS) is 1. The SMILES string of the molecule is O=C(O)CCCCC(=O)SS. The van der Waals surface area contributed by atoms with Crippen LogP contribution in [-0.4, -0.2) is 16.2 Å². The van der Waals surface area contributed by atoms with E-state index in [1.54, 1.807) is 0 Å². The van der Waals surface area contributed by atoms with Crippen molar-refractivity contribution in [3.8, 4) is 0 Å². The monoisotopic (exact) mass is 194 g/mol. The number of carboxylic acids is 1. The van der Waals surface area contributed by atoms with Gasteiger partial charge in [-0.05, 0) is 23.6 Å². The highest BCUT2D eigenvalue weighted by atomic mass is 33.1. The molecule has 0 bridgehead atoms. The van der Waals surface area contributed by atoms with E-state index in [1.807, 2.05) is 0 Å². The zero-order valence-corrected chi connectivity index (χ0v) is 7.66. The van der Waals surface area contributed by atoms with E-state index in [0.29, 0.717) is 19.3 Å². The summed E-state index contributed by atoms with van der Waals surface area (Å²) in [5.41, 5.74) is 0. The third-order valence-electron chi connectivity index (χ3n) is 1.12. The molecule has 1 N–H and O–H groups in total. The van der Waals surface area contributed by atoms with Crippen molar-refractivity contribution in [2.45, 2.75) is 25.7 Å². The quantitative estimate of drug-likeness (QED) is 0.397. The molecule has 0 amide bonds. The van der Waals surface area contributed by atoms with Gasteiger partial charge in [0.1, 0.15) is 0 Å². The van der Waals surface area contributed by atoms with Crippen LogP contribution in [0.15, 0.2) is 0 Å². The summed E-state index contributed by atoms with van der Waals surface area (Å²) in [6.45, 7) is 0. The first kappa shape index (κ1) is 10.8. The summed E-state index contributed by atoms with van der Waals surface area (Å²) in [6, 6.07) is 0. The van der Waals surface area contributed by atoms with Crippen molar-refractivity contribution in [3.05, 3.63) is 0 Å². The molecule has 0 aromatic heterocycles. The maximum atomic E-state index is 10.6. The molecule has 0 rings (SSSR count). The molecule has 0 aliphatic heterocycles. The lowest BCUT2D eigenvalue weighted by molar-refractivity contribution is -0.137. The Morgan fingerprint density at radius 1 is 1.27 bits per heavy atom. The molecular formula is C6H10O3S2. The molecule has 0 atom stereocenters. The molecule has 11 heavy (non-hydrogen) atoms. The Balaban J connectivity index is 3.14. The molecule has 0 saturated carbocycles. The fourth-order valence-electron chi connectivity index (χ4n) is 0.591. The van der Waals surface area contributed by atoms with Crippen LogP contribution in [0.3, 0.4) is 0 Å². The van der Waals surface area contributed by atoms with Crippen LogP contribution in [0.4, 0.5) is 0 Å². The lowest BCUT2D eigenvalue weighted by atomic mass is 10.2. The highest BCUT2D eigenvalue weighted by Crippen LogP contribution is 2.12. The number of unbranched alkanes of at least 4 members (excludes halogenated alkanes) is 1. The van der Waals surface area contributed by atoms with Crippen molar-refractivity contribution in [3.63, 3.8) is 0 Å². The first-order valence-electron chi connectivity index (χ1n) is 3.23. The summed E-state index contributed by atoms with van der Waals surface area (Å²) in [5.74, 6) is -0.809. The fraction of sp³-hybridized carbons (Fsp3) is 0.667. The van der Waals surface area contributed by atoms with Gasteiger partial charge in [-0.15, -0.1) is 11.7 Å². The number of carbonyl (C=O) groups is 2. The van der Waals surface area contributed by atoms with Crippen LogP contribution >= 0.6 is 22.5 Å². The van der Waals surface area contributed by atoms with E-state index >= 15 is 0 Å². The minimum absolute atomic E-state index is 0.00118. The minimum Gasteiger partial charge on any atom is -0.481 e. The van der Waals surface area contributed by atoms with E-state index in [1.165, 1.54) is 0 Å². The Labute approximate surface area is 74.4 Å². The predicted octanol–water partition coefficient (Wildman–Crippen LogP) is 1.74. The smallest absolute Gasteiger partial charge is 0.303 e. The van der Waals surface area contributed by atoms with Crippen molar-refractivity contribution in [2.24, 2.45) is 0 Å².